The van der Waals surface area contributed by atoms with Crippen LogP contribution in [0.5, 0.6) is 0 Å². The lowest BCUT2D eigenvalue weighted by atomic mass is 10.1. The lowest BCUT2D eigenvalue weighted by molar-refractivity contribution is -0.157. The van der Waals surface area contributed by atoms with Gasteiger partial charge < -0.3 is 14.4 Å². The molecule has 7 nitrogen and oxygen atoms in total. The van der Waals surface area contributed by atoms with Gasteiger partial charge in [0, 0.05) is 43.2 Å². The van der Waals surface area contributed by atoms with Crippen molar-refractivity contribution in [1.29, 1.82) is 0 Å². The summed E-state index contributed by atoms with van der Waals surface area (Å²) in [7, 11) is 1.19. The maximum Gasteiger partial charge on any atom is 0.332 e. The Morgan fingerprint density at radius 1 is 1.21 bits per heavy atom. The third-order valence-electron chi connectivity index (χ3n) is 3.08. The first-order chi connectivity index (χ1) is 11.0. The molecule has 0 aliphatic carbocycles. The quantitative estimate of drug-likeness (QED) is 0.360. The van der Waals surface area contributed by atoms with Gasteiger partial charge >= 0.3 is 11.9 Å². The Hall–Kier alpha value is -1.97. The maximum absolute atomic E-state index is 12.5. The maximum atomic E-state index is 12.5. The second kappa shape index (κ2) is 11.5. The first-order valence-corrected chi connectivity index (χ1v) is 7.18. The topological polar surface area (TPSA) is 85.8 Å². The second-order valence-electron chi connectivity index (χ2n) is 4.47. The largest absolute Gasteiger partial charge is 0.466 e. The summed E-state index contributed by atoms with van der Waals surface area (Å²) in [6.07, 6.45) is 3.76. The Morgan fingerprint density at radius 2 is 1.83 bits per heavy atom. The lowest BCUT2D eigenvalue weighted by Crippen LogP contribution is -2.36. The van der Waals surface area contributed by atoms with Crippen LogP contribution in [0.4, 0.5) is 0 Å². The van der Waals surface area contributed by atoms with Gasteiger partial charge in [0.15, 0.2) is 0 Å². The number of methoxy groups -OCH3 is 1. The predicted molar refractivity (Wildman–Crippen MR) is 97.6 cm³/mol. The predicted octanol–water partition coefficient (Wildman–Crippen LogP) is 1.88. The van der Waals surface area contributed by atoms with E-state index in [1.54, 1.807) is 23.2 Å². The van der Waals surface area contributed by atoms with E-state index in [1.807, 2.05) is 13.8 Å². The number of aromatic nitrogens is 1. The number of hydrogen-bond acceptors (Lipinski definition) is 6. The molecule has 0 spiro atoms. The van der Waals surface area contributed by atoms with E-state index in [0.717, 1.165) is 12.2 Å². The number of carbonyl (C=O) groups excluding carboxylic acids is 3. The van der Waals surface area contributed by atoms with Crippen LogP contribution >= 0.6 is 24.0 Å². The third-order valence-corrected chi connectivity index (χ3v) is 3.08. The first-order valence-electron chi connectivity index (χ1n) is 7.18. The summed E-state index contributed by atoms with van der Waals surface area (Å²) in [5, 5.41) is 0. The second-order valence-corrected chi connectivity index (χ2v) is 4.47. The van der Waals surface area contributed by atoms with E-state index in [9.17, 15) is 14.4 Å². The van der Waals surface area contributed by atoms with Crippen molar-refractivity contribution in [3.8, 4) is 0 Å². The summed E-state index contributed by atoms with van der Waals surface area (Å²) in [4.78, 5) is 40.9. The van der Waals surface area contributed by atoms with Gasteiger partial charge in [-0.2, -0.15) is 0 Å². The smallest absolute Gasteiger partial charge is 0.332 e. The van der Waals surface area contributed by atoms with Gasteiger partial charge in [-0.25, -0.2) is 9.59 Å². The molecule has 0 aliphatic rings. The number of esters is 2. The molecule has 8 heteroatoms. The van der Waals surface area contributed by atoms with Crippen molar-refractivity contribution in [1.82, 2.24) is 9.88 Å². The highest BCUT2D eigenvalue weighted by molar-refractivity contribution is 14.0. The van der Waals surface area contributed by atoms with Crippen LogP contribution < -0.4 is 0 Å². The van der Waals surface area contributed by atoms with E-state index < -0.39 is 18.0 Å². The highest BCUT2D eigenvalue weighted by atomic mass is 127. The third kappa shape index (κ3) is 6.65. The average molecular weight is 448 g/mol. The van der Waals surface area contributed by atoms with E-state index >= 15 is 0 Å². The zero-order chi connectivity index (χ0) is 17.2. The minimum atomic E-state index is -1.11. The molecular weight excluding hydrogens is 427 g/mol. The van der Waals surface area contributed by atoms with E-state index in [0.29, 0.717) is 18.7 Å². The van der Waals surface area contributed by atoms with Gasteiger partial charge in [0.2, 0.25) is 6.10 Å². The molecule has 0 aliphatic heterocycles. The SMILES string of the molecule is CCN(CC)C(=O)C(OC(=O)/C=C/C(=O)OC)c1cccnc1.I. The van der Waals surface area contributed by atoms with Crippen LogP contribution in [0, 0.1) is 0 Å². The number of nitrogens with zero attached hydrogens (tertiary/aromatic N) is 2. The molecule has 0 N–H and O–H groups in total. The molecule has 1 rings (SSSR count). The first kappa shape index (κ1) is 22.0. The molecule has 24 heavy (non-hydrogen) atoms. The summed E-state index contributed by atoms with van der Waals surface area (Å²) in [6, 6.07) is 3.30. The van der Waals surface area contributed by atoms with Crippen molar-refractivity contribution >= 4 is 41.8 Å². The Bertz CT molecular complexity index is 573. The molecule has 1 amide bonds. The standard InChI is InChI=1S/C16H20N2O5.HI/c1-4-18(5-2)16(21)15(12-7-6-10-17-11-12)23-14(20)9-8-13(19)22-3;/h6-11,15H,4-5H2,1-3H3;1H/b9-8+;. The van der Waals surface area contributed by atoms with Crippen molar-refractivity contribution in [2.45, 2.75) is 20.0 Å². The molecule has 0 bridgehead atoms. The fourth-order valence-electron chi connectivity index (χ4n) is 1.85. The van der Waals surface area contributed by atoms with Gasteiger partial charge in [-0.15, -0.1) is 24.0 Å². The molecule has 0 saturated heterocycles. The van der Waals surface area contributed by atoms with Crippen molar-refractivity contribution in [3.05, 3.63) is 42.2 Å². The van der Waals surface area contributed by atoms with Crippen LogP contribution in [0.1, 0.15) is 25.5 Å². The molecular formula is C16H21IN2O5. The monoisotopic (exact) mass is 448 g/mol. The summed E-state index contributed by atoms with van der Waals surface area (Å²) >= 11 is 0. The highest BCUT2D eigenvalue weighted by Gasteiger charge is 2.28. The number of ether oxygens (including phenoxy) is 2. The number of carbonyl (C=O) groups is 3. The molecule has 1 aromatic rings. The Kier molecular flexibility index (Phi) is 10.6. The summed E-state index contributed by atoms with van der Waals surface area (Å²) in [5.41, 5.74) is 0.462. The molecule has 0 fully saturated rings. The number of halogens is 1. The molecule has 1 atom stereocenters. The van der Waals surface area contributed by atoms with Gasteiger partial charge in [0.25, 0.3) is 5.91 Å². The van der Waals surface area contributed by atoms with Crippen molar-refractivity contribution < 1.29 is 23.9 Å². The van der Waals surface area contributed by atoms with Crippen molar-refractivity contribution in [2.24, 2.45) is 0 Å². The minimum Gasteiger partial charge on any atom is -0.466 e. The Balaban J connectivity index is 0.00000529. The lowest BCUT2D eigenvalue weighted by Gasteiger charge is -2.24. The summed E-state index contributed by atoms with van der Waals surface area (Å²) < 4.78 is 9.61. The van der Waals surface area contributed by atoms with Crippen LogP contribution in [-0.4, -0.2) is 47.9 Å². The fraction of sp³-hybridized carbons (Fsp3) is 0.375. The van der Waals surface area contributed by atoms with Crippen LogP contribution in [0.15, 0.2) is 36.7 Å². The minimum absolute atomic E-state index is 0. The van der Waals surface area contributed by atoms with E-state index in [2.05, 4.69) is 9.72 Å². The van der Waals surface area contributed by atoms with E-state index in [1.165, 1.54) is 13.3 Å². The van der Waals surface area contributed by atoms with Crippen molar-refractivity contribution in [3.63, 3.8) is 0 Å². The Labute approximate surface area is 158 Å². The van der Waals surface area contributed by atoms with Crippen LogP contribution in [0.3, 0.4) is 0 Å². The highest BCUT2D eigenvalue weighted by Crippen LogP contribution is 2.20. The molecule has 132 valence electrons. The van der Waals surface area contributed by atoms with E-state index in [-0.39, 0.29) is 29.9 Å². The molecule has 0 aromatic carbocycles. The summed E-state index contributed by atoms with van der Waals surface area (Å²) in [6.45, 7) is 4.64. The van der Waals surface area contributed by atoms with Gasteiger partial charge in [-0.3, -0.25) is 9.78 Å². The zero-order valence-electron chi connectivity index (χ0n) is 13.8. The van der Waals surface area contributed by atoms with Gasteiger partial charge in [0.1, 0.15) is 0 Å². The summed E-state index contributed by atoms with van der Waals surface area (Å²) in [5.74, 6) is -1.84. The van der Waals surface area contributed by atoms with E-state index in [4.69, 9.17) is 4.74 Å². The molecule has 0 saturated carbocycles. The van der Waals surface area contributed by atoms with Gasteiger partial charge in [-0.05, 0) is 19.9 Å². The van der Waals surface area contributed by atoms with Crippen LogP contribution in [0.25, 0.3) is 0 Å². The van der Waals surface area contributed by atoms with Crippen LogP contribution in [0.2, 0.25) is 0 Å². The number of pyridine rings is 1. The number of rotatable bonds is 7. The van der Waals surface area contributed by atoms with Gasteiger partial charge in [0.05, 0.1) is 7.11 Å². The number of likely N-dealkylation sites (N-methyl/N-ethyl adjacent to an activating group) is 1. The zero-order valence-corrected chi connectivity index (χ0v) is 16.1. The Morgan fingerprint density at radius 3 is 2.33 bits per heavy atom. The fourth-order valence-corrected chi connectivity index (χ4v) is 1.85. The molecule has 1 unspecified atom stereocenters. The molecule has 0 radical (unpaired) electrons. The number of amides is 1. The normalized spacial score (nSPS) is 11.3. The average Bonchev–Trinajstić information content (AvgIpc) is 2.59. The number of hydrogen-bond donors (Lipinski definition) is 0. The molecule has 1 heterocycles. The molecule has 1 aromatic heterocycles. The van der Waals surface area contributed by atoms with Gasteiger partial charge in [-0.1, -0.05) is 6.07 Å². The van der Waals surface area contributed by atoms with Crippen LogP contribution in [-0.2, 0) is 23.9 Å². The van der Waals surface area contributed by atoms with Crippen molar-refractivity contribution in [2.75, 3.05) is 20.2 Å².